The van der Waals surface area contributed by atoms with Gasteiger partial charge in [0, 0.05) is 0 Å². The Morgan fingerprint density at radius 1 is 0.595 bits per heavy atom. The first kappa shape index (κ1) is 30.4. The Bertz CT molecular complexity index is 732. The maximum Gasteiger partial charge on any atom is 0.200 e. The van der Waals surface area contributed by atoms with Gasteiger partial charge in [0.2, 0.25) is 5.82 Å². The fourth-order valence-corrected chi connectivity index (χ4v) is 6.94. The molecular formula is C34H56F2O. The maximum atomic E-state index is 14.9. The summed E-state index contributed by atoms with van der Waals surface area (Å²) < 4.78 is 35.3. The lowest BCUT2D eigenvalue weighted by molar-refractivity contribution is 0.221. The maximum absolute atomic E-state index is 14.9. The molecule has 0 N–H and O–H groups in total. The van der Waals surface area contributed by atoms with Gasteiger partial charge in [-0.3, -0.25) is 0 Å². The molecule has 0 unspecified atom stereocenters. The number of rotatable bonds is 17. The number of benzene rings is 1. The van der Waals surface area contributed by atoms with E-state index >= 15 is 0 Å². The number of hydrogen-bond donors (Lipinski definition) is 0. The summed E-state index contributed by atoms with van der Waals surface area (Å²) in [4.78, 5) is 0. The summed E-state index contributed by atoms with van der Waals surface area (Å²) in [5.74, 6) is 1.48. The molecule has 0 saturated heterocycles. The van der Waals surface area contributed by atoms with Gasteiger partial charge in [-0.2, -0.15) is 4.39 Å². The highest BCUT2D eigenvalue weighted by atomic mass is 19.2. The molecule has 2 aliphatic rings. The van der Waals surface area contributed by atoms with Crippen molar-refractivity contribution in [2.75, 3.05) is 6.61 Å². The molecule has 0 bridgehead atoms. The van der Waals surface area contributed by atoms with Crippen molar-refractivity contribution < 1.29 is 13.5 Å². The highest BCUT2D eigenvalue weighted by molar-refractivity contribution is 5.33. The van der Waals surface area contributed by atoms with Crippen molar-refractivity contribution in [1.82, 2.24) is 0 Å². The minimum atomic E-state index is -0.786. The molecule has 212 valence electrons. The lowest BCUT2D eigenvalue weighted by Gasteiger charge is -2.32. The third kappa shape index (κ3) is 10.5. The van der Waals surface area contributed by atoms with E-state index in [4.69, 9.17) is 4.74 Å². The van der Waals surface area contributed by atoms with Crippen molar-refractivity contribution in [3.05, 3.63) is 29.3 Å². The molecule has 0 spiro atoms. The molecule has 0 amide bonds. The second-order valence-electron chi connectivity index (χ2n) is 12.4. The van der Waals surface area contributed by atoms with Gasteiger partial charge < -0.3 is 4.74 Å². The van der Waals surface area contributed by atoms with Gasteiger partial charge >= 0.3 is 0 Å². The molecule has 1 aromatic rings. The van der Waals surface area contributed by atoms with Crippen molar-refractivity contribution >= 4 is 0 Å². The predicted octanol–water partition coefficient (Wildman–Crippen LogP) is 11.5. The first-order valence-electron chi connectivity index (χ1n) is 16.2. The van der Waals surface area contributed by atoms with E-state index in [0.29, 0.717) is 12.2 Å². The molecule has 0 heterocycles. The monoisotopic (exact) mass is 518 g/mol. The Hall–Kier alpha value is -1.12. The first-order valence-corrected chi connectivity index (χ1v) is 16.2. The largest absolute Gasteiger partial charge is 0.490 e. The van der Waals surface area contributed by atoms with Crippen LogP contribution in [-0.2, 0) is 0 Å². The number of hydrogen-bond acceptors (Lipinski definition) is 1. The number of ether oxygens (including phenoxy) is 1. The summed E-state index contributed by atoms with van der Waals surface area (Å²) >= 11 is 0. The zero-order valence-electron chi connectivity index (χ0n) is 24.2. The number of unbranched alkanes of at least 4 members (excludes halogenated alkanes) is 8. The van der Waals surface area contributed by atoms with E-state index in [-0.39, 0.29) is 11.7 Å². The average Bonchev–Trinajstić information content (AvgIpc) is 2.93. The molecule has 0 atom stereocenters. The molecular weight excluding hydrogens is 462 g/mol. The van der Waals surface area contributed by atoms with Gasteiger partial charge in [0.25, 0.3) is 0 Å². The highest BCUT2D eigenvalue weighted by Crippen LogP contribution is 2.42. The van der Waals surface area contributed by atoms with Crippen molar-refractivity contribution in [1.29, 1.82) is 0 Å². The van der Waals surface area contributed by atoms with Gasteiger partial charge in [0.05, 0.1) is 6.61 Å². The normalized spacial score (nSPS) is 24.3. The van der Waals surface area contributed by atoms with E-state index < -0.39 is 11.6 Å². The van der Waals surface area contributed by atoms with Gasteiger partial charge in [-0.15, -0.1) is 0 Å². The fourth-order valence-electron chi connectivity index (χ4n) is 6.94. The van der Waals surface area contributed by atoms with E-state index in [9.17, 15) is 8.78 Å². The topological polar surface area (TPSA) is 9.23 Å². The summed E-state index contributed by atoms with van der Waals surface area (Å²) in [5.41, 5.74) is 0.570. The SMILES string of the molecule is CCCCCCCCOc1ccc(C2CCC(CCC3CCC(CCCCCC)CC3)CC2)c(F)c1F. The van der Waals surface area contributed by atoms with E-state index in [1.807, 2.05) is 0 Å². The van der Waals surface area contributed by atoms with Crippen molar-refractivity contribution in [2.24, 2.45) is 17.8 Å². The molecule has 1 aromatic carbocycles. The fraction of sp³-hybridized carbons (Fsp3) is 0.824. The van der Waals surface area contributed by atoms with E-state index in [1.54, 1.807) is 12.1 Å². The highest BCUT2D eigenvalue weighted by Gasteiger charge is 2.28. The van der Waals surface area contributed by atoms with Crippen molar-refractivity contribution in [3.8, 4) is 5.75 Å². The smallest absolute Gasteiger partial charge is 0.200 e. The van der Waals surface area contributed by atoms with Crippen LogP contribution in [0.5, 0.6) is 5.75 Å². The van der Waals surface area contributed by atoms with E-state index in [0.717, 1.165) is 56.3 Å². The van der Waals surface area contributed by atoms with Gasteiger partial charge in [-0.25, -0.2) is 4.39 Å². The number of halogens is 2. The standard InChI is InChI=1S/C34H56F2O/c1-3-5-7-9-10-12-26-37-32-25-24-31(33(35)34(32)36)30-22-20-29(21-23-30)19-18-28-16-14-27(15-17-28)13-11-8-6-4-2/h24-25,27-30H,3-23,26H2,1-2H3. The Labute approximate surface area is 227 Å². The summed E-state index contributed by atoms with van der Waals surface area (Å²) in [6.07, 6.45) is 26.8. The molecule has 2 saturated carbocycles. The average molecular weight is 519 g/mol. The summed E-state index contributed by atoms with van der Waals surface area (Å²) in [6.45, 7) is 4.96. The summed E-state index contributed by atoms with van der Waals surface area (Å²) in [5, 5.41) is 0. The minimum absolute atomic E-state index is 0.0826. The van der Waals surface area contributed by atoms with Crippen LogP contribution in [-0.4, -0.2) is 6.61 Å². The second-order valence-corrected chi connectivity index (χ2v) is 12.4. The molecule has 3 rings (SSSR count). The minimum Gasteiger partial charge on any atom is -0.490 e. The van der Waals surface area contributed by atoms with Crippen molar-refractivity contribution in [3.63, 3.8) is 0 Å². The van der Waals surface area contributed by atoms with Crippen molar-refractivity contribution in [2.45, 2.75) is 155 Å². The van der Waals surface area contributed by atoms with Crippen LogP contribution < -0.4 is 4.74 Å². The van der Waals surface area contributed by atoms with Crippen LogP contribution in [0.4, 0.5) is 8.78 Å². The predicted molar refractivity (Wildman–Crippen MR) is 153 cm³/mol. The molecule has 0 aliphatic heterocycles. The van der Waals surface area contributed by atoms with Gasteiger partial charge in [0.15, 0.2) is 11.6 Å². The Balaban J connectivity index is 1.32. The molecule has 1 nitrogen and oxygen atoms in total. The lowest BCUT2D eigenvalue weighted by atomic mass is 9.74. The van der Waals surface area contributed by atoms with Crippen LogP contribution in [0, 0.1) is 29.4 Å². The van der Waals surface area contributed by atoms with Crippen LogP contribution in [0.2, 0.25) is 0 Å². The molecule has 2 fully saturated rings. The zero-order chi connectivity index (χ0) is 26.3. The van der Waals surface area contributed by atoms with Crippen LogP contribution in [0.15, 0.2) is 12.1 Å². The van der Waals surface area contributed by atoms with E-state index in [1.165, 1.54) is 96.3 Å². The second kappa shape index (κ2) is 17.5. The molecule has 0 aromatic heterocycles. The quantitative estimate of drug-likeness (QED) is 0.186. The van der Waals surface area contributed by atoms with Gasteiger partial charge in [-0.05, 0) is 67.4 Å². The van der Waals surface area contributed by atoms with Crippen LogP contribution in [0.1, 0.15) is 160 Å². The van der Waals surface area contributed by atoms with Crippen LogP contribution >= 0.6 is 0 Å². The zero-order valence-corrected chi connectivity index (χ0v) is 24.2. The Kier molecular flexibility index (Phi) is 14.4. The first-order chi connectivity index (χ1) is 18.1. The lowest BCUT2D eigenvalue weighted by Crippen LogP contribution is -2.18. The summed E-state index contributed by atoms with van der Waals surface area (Å²) in [6, 6.07) is 3.46. The third-order valence-corrected chi connectivity index (χ3v) is 9.53. The van der Waals surface area contributed by atoms with Crippen LogP contribution in [0.3, 0.4) is 0 Å². The van der Waals surface area contributed by atoms with Gasteiger partial charge in [-0.1, -0.05) is 123 Å². The van der Waals surface area contributed by atoms with Gasteiger partial charge in [0.1, 0.15) is 0 Å². The molecule has 37 heavy (non-hydrogen) atoms. The molecule has 0 radical (unpaired) electrons. The molecule has 2 aliphatic carbocycles. The Morgan fingerprint density at radius 3 is 1.73 bits per heavy atom. The molecule has 3 heteroatoms. The van der Waals surface area contributed by atoms with E-state index in [2.05, 4.69) is 13.8 Å². The third-order valence-electron chi connectivity index (χ3n) is 9.53. The summed E-state index contributed by atoms with van der Waals surface area (Å²) in [7, 11) is 0. The Morgan fingerprint density at radius 2 is 1.11 bits per heavy atom. The van der Waals surface area contributed by atoms with Crippen LogP contribution in [0.25, 0.3) is 0 Å².